The lowest BCUT2D eigenvalue weighted by Crippen LogP contribution is -2.39. The highest BCUT2D eigenvalue weighted by atomic mass is 79.9. The fourth-order valence-electron chi connectivity index (χ4n) is 0.818. The van der Waals surface area contributed by atoms with Crippen molar-refractivity contribution in [2.24, 2.45) is 0 Å². The van der Waals surface area contributed by atoms with E-state index in [1.807, 2.05) is 5.32 Å². The van der Waals surface area contributed by atoms with Gasteiger partial charge in [-0.2, -0.15) is 0 Å². The van der Waals surface area contributed by atoms with Crippen LogP contribution in [0.3, 0.4) is 0 Å². The number of nitrogens with one attached hydrogen (secondary N) is 2. The molecule has 3 amide bonds. The number of halogens is 2. The number of rotatable bonds is 3. The minimum absolute atomic E-state index is 0.201. The second-order valence-electron chi connectivity index (χ2n) is 2.57. The summed E-state index contributed by atoms with van der Waals surface area (Å²) in [4.78, 5) is 21.7. The van der Waals surface area contributed by atoms with E-state index in [-0.39, 0.29) is 12.4 Å². The first kappa shape index (κ1) is 12.1. The third-order valence-corrected chi connectivity index (χ3v) is 2.10. The minimum Gasteiger partial charge on any atom is -0.452 e. The molecule has 1 aromatic heterocycles. The maximum absolute atomic E-state index is 11.0. The normalized spacial score (nSPS) is 9.73. The van der Waals surface area contributed by atoms with Crippen LogP contribution in [0.5, 0.6) is 0 Å². The van der Waals surface area contributed by atoms with Crippen molar-refractivity contribution in [3.8, 4) is 0 Å². The predicted molar refractivity (Wildman–Crippen MR) is 57.5 cm³/mol. The predicted octanol–water partition coefficient (Wildman–Crippen LogP) is 1.61. The largest absolute Gasteiger partial charge is 0.452 e. The van der Waals surface area contributed by atoms with E-state index in [1.165, 1.54) is 0 Å². The molecule has 0 unspecified atom stereocenters. The Balaban J connectivity index is 2.31. The number of alkyl halides is 1. The van der Waals surface area contributed by atoms with Crippen LogP contribution in [0.1, 0.15) is 5.76 Å². The zero-order valence-electron chi connectivity index (χ0n) is 7.55. The molecule has 1 heterocycles. The van der Waals surface area contributed by atoms with Gasteiger partial charge in [-0.15, -0.1) is 11.6 Å². The molecular weight excluding hydrogens is 287 g/mol. The van der Waals surface area contributed by atoms with E-state index in [1.54, 1.807) is 12.1 Å². The maximum atomic E-state index is 11.0. The highest BCUT2D eigenvalue weighted by Crippen LogP contribution is 2.13. The Morgan fingerprint density at radius 1 is 1.47 bits per heavy atom. The van der Waals surface area contributed by atoms with Crippen LogP contribution in [0.15, 0.2) is 21.2 Å². The Bertz CT molecular complexity index is 367. The average Bonchev–Trinajstić information content (AvgIpc) is 2.61. The summed E-state index contributed by atoms with van der Waals surface area (Å²) in [6.07, 6.45) is 0. The lowest BCUT2D eigenvalue weighted by Gasteiger charge is -2.02. The molecule has 15 heavy (non-hydrogen) atoms. The summed E-state index contributed by atoms with van der Waals surface area (Å²) in [6.45, 7) is 0.201. The van der Waals surface area contributed by atoms with Gasteiger partial charge < -0.3 is 9.73 Å². The lowest BCUT2D eigenvalue weighted by atomic mass is 10.4. The maximum Gasteiger partial charge on any atom is 0.321 e. The Morgan fingerprint density at radius 3 is 2.73 bits per heavy atom. The van der Waals surface area contributed by atoms with Crippen LogP contribution < -0.4 is 10.6 Å². The fraction of sp³-hybridized carbons (Fsp3) is 0.250. The topological polar surface area (TPSA) is 71.3 Å². The number of carbonyl (C=O) groups is 2. The molecule has 82 valence electrons. The van der Waals surface area contributed by atoms with Crippen molar-refractivity contribution in [1.29, 1.82) is 0 Å². The van der Waals surface area contributed by atoms with Gasteiger partial charge in [0.2, 0.25) is 5.91 Å². The molecule has 0 aliphatic heterocycles. The molecule has 0 aromatic carbocycles. The molecule has 1 rings (SSSR count). The first-order chi connectivity index (χ1) is 7.11. The number of carbonyl (C=O) groups excluding carboxylic acids is 2. The van der Waals surface area contributed by atoms with E-state index in [0.717, 1.165) is 0 Å². The summed E-state index contributed by atoms with van der Waals surface area (Å²) in [6, 6.07) is 2.81. The van der Waals surface area contributed by atoms with Crippen LogP contribution in [0.2, 0.25) is 0 Å². The third-order valence-electron chi connectivity index (χ3n) is 1.43. The standard InChI is InChI=1S/C8H8BrClN2O3/c9-6-2-1-5(15-6)4-11-8(14)12-7(13)3-10/h1-2H,3-4H2,(H2,11,12,13,14). The van der Waals surface area contributed by atoms with E-state index >= 15 is 0 Å². The zero-order chi connectivity index (χ0) is 11.3. The van der Waals surface area contributed by atoms with Crippen LogP contribution in [0.4, 0.5) is 4.79 Å². The average molecular weight is 296 g/mol. The molecule has 0 aliphatic rings. The van der Waals surface area contributed by atoms with Gasteiger partial charge >= 0.3 is 6.03 Å². The second-order valence-corrected chi connectivity index (χ2v) is 3.62. The molecule has 0 radical (unpaired) electrons. The van der Waals surface area contributed by atoms with Gasteiger partial charge in [0.1, 0.15) is 11.6 Å². The molecule has 0 saturated carbocycles. The van der Waals surface area contributed by atoms with E-state index in [4.69, 9.17) is 16.0 Å². The van der Waals surface area contributed by atoms with E-state index in [2.05, 4.69) is 21.2 Å². The molecule has 2 N–H and O–H groups in total. The number of imide groups is 1. The Labute approximate surface area is 99.3 Å². The summed E-state index contributed by atoms with van der Waals surface area (Å²) in [5.41, 5.74) is 0. The SMILES string of the molecule is O=C(CCl)NC(=O)NCc1ccc(Br)o1. The van der Waals surface area contributed by atoms with Crippen LogP contribution in [-0.4, -0.2) is 17.8 Å². The van der Waals surface area contributed by atoms with Crippen LogP contribution >= 0.6 is 27.5 Å². The van der Waals surface area contributed by atoms with Crippen LogP contribution in [0.25, 0.3) is 0 Å². The molecular formula is C8H8BrClN2O3. The number of hydrogen-bond donors (Lipinski definition) is 2. The van der Waals surface area contributed by atoms with Gasteiger partial charge in [-0.3, -0.25) is 10.1 Å². The number of amides is 3. The summed E-state index contributed by atoms with van der Waals surface area (Å²) in [7, 11) is 0. The van der Waals surface area contributed by atoms with Crippen molar-refractivity contribution in [3.05, 3.63) is 22.6 Å². The molecule has 0 aliphatic carbocycles. The van der Waals surface area contributed by atoms with Crippen LogP contribution in [-0.2, 0) is 11.3 Å². The van der Waals surface area contributed by atoms with Gasteiger partial charge in [-0.1, -0.05) is 0 Å². The van der Waals surface area contributed by atoms with E-state index < -0.39 is 11.9 Å². The second kappa shape index (κ2) is 5.77. The fourth-order valence-corrected chi connectivity index (χ4v) is 1.23. The quantitative estimate of drug-likeness (QED) is 0.832. The molecule has 5 nitrogen and oxygen atoms in total. The van der Waals surface area contributed by atoms with E-state index in [9.17, 15) is 9.59 Å². The lowest BCUT2D eigenvalue weighted by molar-refractivity contribution is -0.117. The Kier molecular flexibility index (Phi) is 4.64. The summed E-state index contributed by atoms with van der Waals surface area (Å²) in [5.74, 6) is -0.218. The monoisotopic (exact) mass is 294 g/mol. The van der Waals surface area contributed by atoms with Crippen molar-refractivity contribution < 1.29 is 14.0 Å². The van der Waals surface area contributed by atoms with Crippen LogP contribution in [0, 0.1) is 0 Å². The first-order valence-electron chi connectivity index (χ1n) is 3.99. The third kappa shape index (κ3) is 4.35. The van der Waals surface area contributed by atoms with Crippen molar-refractivity contribution in [2.45, 2.75) is 6.54 Å². The highest BCUT2D eigenvalue weighted by Gasteiger charge is 2.06. The van der Waals surface area contributed by atoms with Crippen molar-refractivity contribution in [2.75, 3.05) is 5.88 Å². The molecule has 0 saturated heterocycles. The highest BCUT2D eigenvalue weighted by molar-refractivity contribution is 9.10. The number of urea groups is 1. The van der Waals surface area contributed by atoms with Crippen molar-refractivity contribution in [1.82, 2.24) is 10.6 Å². The van der Waals surface area contributed by atoms with Gasteiger partial charge in [0.15, 0.2) is 4.67 Å². The smallest absolute Gasteiger partial charge is 0.321 e. The minimum atomic E-state index is -0.604. The summed E-state index contributed by atoms with van der Waals surface area (Å²) in [5, 5.41) is 4.47. The van der Waals surface area contributed by atoms with Crippen molar-refractivity contribution in [3.63, 3.8) is 0 Å². The van der Waals surface area contributed by atoms with Gasteiger partial charge in [0.25, 0.3) is 0 Å². The molecule has 0 fully saturated rings. The Morgan fingerprint density at radius 2 is 2.20 bits per heavy atom. The molecule has 0 bridgehead atoms. The van der Waals surface area contributed by atoms with Gasteiger partial charge in [-0.05, 0) is 28.1 Å². The van der Waals surface area contributed by atoms with E-state index in [0.29, 0.717) is 10.4 Å². The van der Waals surface area contributed by atoms with Gasteiger partial charge in [-0.25, -0.2) is 4.79 Å². The molecule has 0 spiro atoms. The first-order valence-corrected chi connectivity index (χ1v) is 5.32. The van der Waals surface area contributed by atoms with Gasteiger partial charge in [0, 0.05) is 0 Å². The molecule has 0 atom stereocenters. The van der Waals surface area contributed by atoms with Crippen molar-refractivity contribution >= 4 is 39.5 Å². The summed E-state index contributed by atoms with van der Waals surface area (Å²) >= 11 is 8.32. The molecule has 7 heteroatoms. The number of furan rings is 1. The number of hydrogen-bond acceptors (Lipinski definition) is 3. The summed E-state index contributed by atoms with van der Waals surface area (Å²) < 4.78 is 5.71. The van der Waals surface area contributed by atoms with Gasteiger partial charge in [0.05, 0.1) is 6.54 Å². The zero-order valence-corrected chi connectivity index (χ0v) is 9.89. The Hall–Kier alpha value is -1.01. The molecule has 1 aromatic rings.